The second-order valence-electron chi connectivity index (χ2n) is 4.34. The molecule has 3 rings (SSSR count). The zero-order valence-electron chi connectivity index (χ0n) is 10.4. The fraction of sp³-hybridized carbons (Fsp3) is 0.417. The van der Waals surface area contributed by atoms with Gasteiger partial charge in [0.25, 0.3) is 0 Å². The Hall–Kier alpha value is -1.55. The minimum Gasteiger partial charge on any atom is -0.369 e. The number of hydrogen-bond donors (Lipinski definition) is 1. The van der Waals surface area contributed by atoms with Gasteiger partial charge in [-0.1, -0.05) is 0 Å². The lowest BCUT2D eigenvalue weighted by atomic mass is 10.2. The van der Waals surface area contributed by atoms with Gasteiger partial charge >= 0.3 is 0 Å². The average Bonchev–Trinajstić information content (AvgIpc) is 2.69. The van der Waals surface area contributed by atoms with Crippen molar-refractivity contribution in [3.05, 3.63) is 24.5 Å². The zero-order valence-corrected chi connectivity index (χ0v) is 9.40. The summed E-state index contributed by atoms with van der Waals surface area (Å²) in [7, 11) is 2.15. The van der Waals surface area contributed by atoms with Crippen molar-refractivity contribution in [3.63, 3.8) is 0 Å². The van der Waals surface area contributed by atoms with Crippen LogP contribution in [-0.2, 0) is 0 Å². The van der Waals surface area contributed by atoms with Crippen LogP contribution in [0.5, 0.6) is 0 Å². The quantitative estimate of drug-likeness (QED) is 0.782. The minimum atomic E-state index is 0.232. The summed E-state index contributed by atoms with van der Waals surface area (Å²) in [4.78, 5) is 11.8. The van der Waals surface area contributed by atoms with Crippen LogP contribution in [0.4, 0.5) is 5.69 Å². The van der Waals surface area contributed by atoms with Crippen molar-refractivity contribution in [1.82, 2.24) is 14.9 Å². The first-order valence-electron chi connectivity index (χ1n) is 6.12. The minimum absolute atomic E-state index is 0.232. The number of imidazole rings is 1. The molecule has 84 valence electrons. The summed E-state index contributed by atoms with van der Waals surface area (Å²) in [5.74, 6) is 0. The number of H-pyrrole nitrogens is 1. The molecule has 0 saturated carbocycles. The highest BCUT2D eigenvalue weighted by molar-refractivity contribution is 5.79. The molecule has 1 fully saturated rings. The predicted molar refractivity (Wildman–Crippen MR) is 65.8 cm³/mol. The SMILES string of the molecule is [2H]c1nc2cc(N3CCN(C)CC3)ccc2[nH]1. The molecule has 2 heterocycles. The molecular formula is C12H16N4. The topological polar surface area (TPSA) is 35.2 Å². The van der Waals surface area contributed by atoms with Gasteiger partial charge in [-0.25, -0.2) is 4.98 Å². The summed E-state index contributed by atoms with van der Waals surface area (Å²) in [6.07, 6.45) is 0.232. The third-order valence-corrected chi connectivity index (χ3v) is 3.22. The molecule has 1 saturated heterocycles. The number of likely N-dealkylation sites (N-methyl/N-ethyl adjacent to an activating group) is 1. The summed E-state index contributed by atoms with van der Waals surface area (Å²) < 4.78 is 7.48. The third-order valence-electron chi connectivity index (χ3n) is 3.22. The standard InChI is InChI=1S/C12H16N4/c1-15-4-6-16(7-5-15)10-2-3-11-12(8-10)14-9-13-11/h2-3,8-9H,4-7H2,1H3,(H,13,14)/i9D. The Kier molecular flexibility index (Phi) is 2.03. The second kappa shape index (κ2) is 3.79. The molecule has 1 aromatic heterocycles. The molecule has 0 atom stereocenters. The molecule has 4 heteroatoms. The van der Waals surface area contributed by atoms with Gasteiger partial charge in [-0.2, -0.15) is 0 Å². The maximum atomic E-state index is 7.48. The van der Waals surface area contributed by atoms with Crippen LogP contribution in [0.3, 0.4) is 0 Å². The monoisotopic (exact) mass is 217 g/mol. The molecule has 1 N–H and O–H groups in total. The van der Waals surface area contributed by atoms with E-state index in [-0.39, 0.29) is 6.30 Å². The van der Waals surface area contributed by atoms with E-state index < -0.39 is 0 Å². The maximum absolute atomic E-state index is 7.48. The molecule has 0 spiro atoms. The predicted octanol–water partition coefficient (Wildman–Crippen LogP) is 1.31. The van der Waals surface area contributed by atoms with E-state index in [1.54, 1.807) is 0 Å². The van der Waals surface area contributed by atoms with Gasteiger partial charge in [0.2, 0.25) is 0 Å². The molecule has 0 aliphatic carbocycles. The van der Waals surface area contributed by atoms with Gasteiger partial charge in [0.1, 0.15) is 1.37 Å². The second-order valence-corrected chi connectivity index (χ2v) is 4.34. The van der Waals surface area contributed by atoms with E-state index in [4.69, 9.17) is 1.37 Å². The average molecular weight is 217 g/mol. The number of fused-ring (bicyclic) bond motifs is 1. The lowest BCUT2D eigenvalue weighted by molar-refractivity contribution is 0.313. The van der Waals surface area contributed by atoms with Gasteiger partial charge in [0.05, 0.1) is 17.3 Å². The highest BCUT2D eigenvalue weighted by Crippen LogP contribution is 2.20. The number of nitrogens with one attached hydrogen (secondary N) is 1. The zero-order chi connectivity index (χ0) is 11.8. The molecule has 0 unspecified atom stereocenters. The molecule has 16 heavy (non-hydrogen) atoms. The molecule has 0 amide bonds. The molecule has 4 nitrogen and oxygen atoms in total. The molecule has 0 radical (unpaired) electrons. The van der Waals surface area contributed by atoms with E-state index in [1.165, 1.54) is 5.69 Å². The Bertz CT molecular complexity index is 528. The van der Waals surface area contributed by atoms with E-state index in [9.17, 15) is 0 Å². The molecule has 2 aromatic rings. The first-order valence-corrected chi connectivity index (χ1v) is 5.62. The van der Waals surface area contributed by atoms with Crippen molar-refractivity contribution >= 4 is 16.7 Å². The van der Waals surface area contributed by atoms with Gasteiger partial charge in [0.15, 0.2) is 0 Å². The van der Waals surface area contributed by atoms with E-state index in [0.717, 1.165) is 37.2 Å². The van der Waals surface area contributed by atoms with Crippen molar-refractivity contribution in [2.45, 2.75) is 0 Å². The van der Waals surface area contributed by atoms with Crippen molar-refractivity contribution in [2.75, 3.05) is 38.1 Å². The van der Waals surface area contributed by atoms with Crippen LogP contribution < -0.4 is 4.90 Å². The van der Waals surface area contributed by atoms with E-state index in [0.29, 0.717) is 0 Å². The number of nitrogens with zero attached hydrogens (tertiary/aromatic N) is 3. The lowest BCUT2D eigenvalue weighted by Crippen LogP contribution is -2.44. The number of anilines is 1. The van der Waals surface area contributed by atoms with Gasteiger partial charge in [0, 0.05) is 31.9 Å². The van der Waals surface area contributed by atoms with Crippen LogP contribution in [-0.4, -0.2) is 48.1 Å². The third kappa shape index (κ3) is 1.65. The number of piperazine rings is 1. The van der Waals surface area contributed by atoms with Crippen LogP contribution >= 0.6 is 0 Å². The maximum Gasteiger partial charge on any atom is 0.104 e. The van der Waals surface area contributed by atoms with Gasteiger partial charge < -0.3 is 14.8 Å². The fourth-order valence-electron chi connectivity index (χ4n) is 2.13. The Balaban J connectivity index is 1.89. The molecule has 0 bridgehead atoms. The van der Waals surface area contributed by atoms with Crippen LogP contribution in [0.2, 0.25) is 0 Å². The Morgan fingerprint density at radius 1 is 1.31 bits per heavy atom. The van der Waals surface area contributed by atoms with E-state index >= 15 is 0 Å². The Labute approximate surface area is 96.3 Å². The van der Waals surface area contributed by atoms with E-state index in [1.807, 2.05) is 6.07 Å². The summed E-state index contributed by atoms with van der Waals surface area (Å²) >= 11 is 0. The van der Waals surface area contributed by atoms with Crippen LogP contribution in [0.15, 0.2) is 24.5 Å². The number of hydrogen-bond acceptors (Lipinski definition) is 3. The van der Waals surface area contributed by atoms with Crippen molar-refractivity contribution in [1.29, 1.82) is 0 Å². The first kappa shape index (κ1) is 8.58. The number of rotatable bonds is 1. The number of benzene rings is 1. The Morgan fingerprint density at radius 2 is 2.12 bits per heavy atom. The van der Waals surface area contributed by atoms with Crippen molar-refractivity contribution in [3.8, 4) is 0 Å². The highest BCUT2D eigenvalue weighted by Gasteiger charge is 2.14. The highest BCUT2D eigenvalue weighted by atomic mass is 15.2. The van der Waals surface area contributed by atoms with Crippen LogP contribution in [0, 0.1) is 0 Å². The molecule has 1 aromatic carbocycles. The molecule has 1 aliphatic rings. The van der Waals surface area contributed by atoms with Crippen LogP contribution in [0.1, 0.15) is 1.37 Å². The van der Waals surface area contributed by atoms with Crippen molar-refractivity contribution in [2.24, 2.45) is 0 Å². The summed E-state index contributed by atoms with van der Waals surface area (Å²) in [5.41, 5.74) is 3.02. The van der Waals surface area contributed by atoms with Gasteiger partial charge in [-0.3, -0.25) is 0 Å². The fourth-order valence-corrected chi connectivity index (χ4v) is 2.13. The Morgan fingerprint density at radius 3 is 2.94 bits per heavy atom. The van der Waals surface area contributed by atoms with E-state index in [2.05, 4.69) is 38.9 Å². The summed E-state index contributed by atoms with van der Waals surface area (Å²) in [6.45, 7) is 4.31. The molecule has 1 aliphatic heterocycles. The number of aromatic amines is 1. The number of aromatic nitrogens is 2. The summed E-state index contributed by atoms with van der Waals surface area (Å²) in [6, 6.07) is 6.18. The first-order chi connectivity index (χ1) is 8.22. The van der Waals surface area contributed by atoms with Gasteiger partial charge in [-0.05, 0) is 25.2 Å². The molecular weight excluding hydrogens is 200 g/mol. The normalized spacial score (nSPS) is 19.1. The smallest absolute Gasteiger partial charge is 0.104 e. The van der Waals surface area contributed by atoms with Crippen molar-refractivity contribution < 1.29 is 1.37 Å². The van der Waals surface area contributed by atoms with Gasteiger partial charge in [-0.15, -0.1) is 0 Å². The summed E-state index contributed by atoms with van der Waals surface area (Å²) in [5, 5.41) is 0. The largest absolute Gasteiger partial charge is 0.369 e. The lowest BCUT2D eigenvalue weighted by Gasteiger charge is -2.34. The van der Waals surface area contributed by atoms with Crippen LogP contribution in [0.25, 0.3) is 11.0 Å².